The summed E-state index contributed by atoms with van der Waals surface area (Å²) in [6.45, 7) is 4.07. The Balaban J connectivity index is 1.98. The molecule has 0 aliphatic carbocycles. The van der Waals surface area contributed by atoms with Gasteiger partial charge in [-0.15, -0.1) is 0 Å². The lowest BCUT2D eigenvalue weighted by atomic mass is 10.1. The van der Waals surface area contributed by atoms with Gasteiger partial charge in [0.15, 0.2) is 3.95 Å². The van der Waals surface area contributed by atoms with Gasteiger partial charge in [-0.2, -0.15) is 0 Å². The number of hydrogen-bond acceptors (Lipinski definition) is 5. The summed E-state index contributed by atoms with van der Waals surface area (Å²) in [5.41, 5.74) is 10.0. The third kappa shape index (κ3) is 3.36. The molecule has 5 nitrogen and oxygen atoms in total. The summed E-state index contributed by atoms with van der Waals surface area (Å²) in [5, 5.41) is 2.84. The van der Waals surface area contributed by atoms with E-state index in [1.165, 1.54) is 16.9 Å². The number of thiazole rings is 1. The van der Waals surface area contributed by atoms with Crippen LogP contribution in [0.5, 0.6) is 5.75 Å². The van der Waals surface area contributed by atoms with E-state index in [-0.39, 0.29) is 5.91 Å². The standard InChI is InChI=1S/C19H19N3O2S2/c1-11-8-9-13(10-12(11)2)22-17(20)16(26-19(22)25)18(23)21-14-6-4-5-7-15(14)24-3/h4-10H,20H2,1-3H3,(H,21,23). The topological polar surface area (TPSA) is 69.3 Å². The normalized spacial score (nSPS) is 10.6. The van der Waals surface area contributed by atoms with E-state index in [2.05, 4.69) is 5.32 Å². The number of para-hydroxylation sites is 2. The lowest BCUT2D eigenvalue weighted by molar-refractivity contribution is 0.103. The first-order valence-corrected chi connectivity index (χ1v) is 9.18. The fourth-order valence-electron chi connectivity index (χ4n) is 2.58. The highest BCUT2D eigenvalue weighted by molar-refractivity contribution is 7.73. The molecule has 1 amide bonds. The number of carbonyl (C=O) groups excluding carboxylic acids is 1. The fraction of sp³-hybridized carbons (Fsp3) is 0.158. The second-order valence-electron chi connectivity index (χ2n) is 5.84. The molecule has 0 unspecified atom stereocenters. The number of aromatic nitrogens is 1. The van der Waals surface area contributed by atoms with Gasteiger partial charge in [0.25, 0.3) is 5.91 Å². The molecule has 3 rings (SSSR count). The van der Waals surface area contributed by atoms with Crippen molar-refractivity contribution in [3.05, 3.63) is 62.4 Å². The van der Waals surface area contributed by atoms with Gasteiger partial charge in [-0.1, -0.05) is 29.5 Å². The number of amides is 1. The second-order valence-corrected chi connectivity index (χ2v) is 7.48. The second kappa shape index (κ2) is 7.31. The largest absolute Gasteiger partial charge is 0.495 e. The minimum atomic E-state index is -0.314. The SMILES string of the molecule is COc1ccccc1NC(=O)c1sc(=S)n(-c2ccc(C)c(C)c2)c1N. The van der Waals surface area contributed by atoms with Crippen molar-refractivity contribution < 1.29 is 9.53 Å². The highest BCUT2D eigenvalue weighted by Gasteiger charge is 2.19. The van der Waals surface area contributed by atoms with Crippen molar-refractivity contribution in [2.45, 2.75) is 13.8 Å². The molecule has 2 aromatic carbocycles. The van der Waals surface area contributed by atoms with Crippen LogP contribution in [0.25, 0.3) is 5.69 Å². The summed E-state index contributed by atoms with van der Waals surface area (Å²) in [5.74, 6) is 0.595. The number of nitrogen functional groups attached to an aromatic ring is 1. The Kier molecular flexibility index (Phi) is 5.11. The Morgan fingerprint density at radius 1 is 1.19 bits per heavy atom. The van der Waals surface area contributed by atoms with Gasteiger partial charge in [-0.25, -0.2) is 0 Å². The molecule has 3 aromatic rings. The van der Waals surface area contributed by atoms with E-state index >= 15 is 0 Å². The maximum atomic E-state index is 12.7. The quantitative estimate of drug-likeness (QED) is 0.637. The monoisotopic (exact) mass is 385 g/mol. The number of benzene rings is 2. The van der Waals surface area contributed by atoms with E-state index in [1.807, 2.05) is 44.2 Å². The Hall–Kier alpha value is -2.64. The third-order valence-corrected chi connectivity index (χ3v) is 5.54. The number of carbonyl (C=O) groups is 1. The Morgan fingerprint density at radius 2 is 1.92 bits per heavy atom. The van der Waals surface area contributed by atoms with Gasteiger partial charge in [-0.3, -0.25) is 9.36 Å². The van der Waals surface area contributed by atoms with Gasteiger partial charge < -0.3 is 15.8 Å². The molecule has 26 heavy (non-hydrogen) atoms. The molecule has 0 bridgehead atoms. The maximum absolute atomic E-state index is 12.7. The number of methoxy groups -OCH3 is 1. The zero-order valence-corrected chi connectivity index (χ0v) is 16.3. The Labute approximate surface area is 161 Å². The van der Waals surface area contributed by atoms with Crippen LogP contribution in [0, 0.1) is 17.8 Å². The van der Waals surface area contributed by atoms with Crippen LogP contribution in [0.15, 0.2) is 42.5 Å². The van der Waals surface area contributed by atoms with Crippen LogP contribution in [0.1, 0.15) is 20.8 Å². The van der Waals surface area contributed by atoms with Gasteiger partial charge in [-0.05, 0) is 61.5 Å². The van der Waals surface area contributed by atoms with Gasteiger partial charge in [0.05, 0.1) is 12.8 Å². The van der Waals surface area contributed by atoms with Crippen LogP contribution in [-0.2, 0) is 0 Å². The first-order valence-electron chi connectivity index (χ1n) is 7.95. The van der Waals surface area contributed by atoms with E-state index < -0.39 is 0 Å². The first kappa shape index (κ1) is 18.2. The highest BCUT2D eigenvalue weighted by Crippen LogP contribution is 2.29. The molecule has 0 radical (unpaired) electrons. The minimum absolute atomic E-state index is 0.314. The van der Waals surface area contributed by atoms with E-state index in [9.17, 15) is 4.79 Å². The molecular weight excluding hydrogens is 366 g/mol. The van der Waals surface area contributed by atoms with Crippen LogP contribution in [0.4, 0.5) is 11.5 Å². The maximum Gasteiger partial charge on any atom is 0.269 e. The van der Waals surface area contributed by atoms with Gasteiger partial charge in [0, 0.05) is 5.69 Å². The van der Waals surface area contributed by atoms with Crippen molar-refractivity contribution in [1.29, 1.82) is 0 Å². The number of aryl methyl sites for hydroxylation is 2. The lowest BCUT2D eigenvalue weighted by Gasteiger charge is -2.10. The predicted molar refractivity (Wildman–Crippen MR) is 109 cm³/mol. The average molecular weight is 386 g/mol. The van der Waals surface area contributed by atoms with Crippen LogP contribution in [-0.4, -0.2) is 17.6 Å². The van der Waals surface area contributed by atoms with Gasteiger partial charge in [0.1, 0.15) is 16.4 Å². The molecule has 0 atom stereocenters. The number of nitrogens with one attached hydrogen (secondary N) is 1. The number of anilines is 2. The number of rotatable bonds is 4. The molecular formula is C19H19N3O2S2. The van der Waals surface area contributed by atoms with Crippen molar-refractivity contribution in [3.8, 4) is 11.4 Å². The van der Waals surface area contributed by atoms with Crippen LogP contribution in [0.2, 0.25) is 0 Å². The average Bonchev–Trinajstić information content (AvgIpc) is 2.92. The molecule has 0 aliphatic heterocycles. The minimum Gasteiger partial charge on any atom is -0.495 e. The van der Waals surface area contributed by atoms with E-state index in [0.717, 1.165) is 11.3 Å². The first-order chi connectivity index (χ1) is 12.4. The molecule has 1 heterocycles. The molecule has 0 saturated carbocycles. The molecule has 0 aliphatic rings. The van der Waals surface area contributed by atoms with Crippen molar-refractivity contribution in [1.82, 2.24) is 4.57 Å². The molecule has 3 N–H and O–H groups in total. The van der Waals surface area contributed by atoms with Crippen LogP contribution >= 0.6 is 23.6 Å². The number of nitrogens with two attached hydrogens (primary N) is 1. The van der Waals surface area contributed by atoms with Crippen LogP contribution in [0.3, 0.4) is 0 Å². The van der Waals surface area contributed by atoms with Gasteiger partial charge >= 0.3 is 0 Å². The summed E-state index contributed by atoms with van der Waals surface area (Å²) < 4.78 is 7.52. The lowest BCUT2D eigenvalue weighted by Crippen LogP contribution is -2.14. The summed E-state index contributed by atoms with van der Waals surface area (Å²) in [7, 11) is 1.56. The summed E-state index contributed by atoms with van der Waals surface area (Å²) in [4.78, 5) is 13.1. The van der Waals surface area contributed by atoms with Crippen molar-refractivity contribution in [3.63, 3.8) is 0 Å². The number of nitrogens with zero attached hydrogens (tertiary/aromatic N) is 1. The molecule has 0 fully saturated rings. The molecule has 134 valence electrons. The Bertz CT molecular complexity index is 1040. The van der Waals surface area contributed by atoms with Crippen molar-refractivity contribution >= 4 is 41.0 Å². The van der Waals surface area contributed by atoms with E-state index in [1.54, 1.807) is 23.8 Å². The Morgan fingerprint density at radius 3 is 2.62 bits per heavy atom. The summed E-state index contributed by atoms with van der Waals surface area (Å²) in [6, 6.07) is 13.2. The number of hydrogen-bond donors (Lipinski definition) is 2. The molecule has 0 saturated heterocycles. The van der Waals surface area contributed by atoms with E-state index in [4.69, 9.17) is 22.7 Å². The molecule has 1 aromatic heterocycles. The van der Waals surface area contributed by atoms with Crippen LogP contribution < -0.4 is 15.8 Å². The van der Waals surface area contributed by atoms with Crippen molar-refractivity contribution in [2.75, 3.05) is 18.2 Å². The number of ether oxygens (including phenoxy) is 1. The molecule has 7 heteroatoms. The molecule has 0 spiro atoms. The van der Waals surface area contributed by atoms with Gasteiger partial charge in [0.2, 0.25) is 0 Å². The zero-order valence-electron chi connectivity index (χ0n) is 14.7. The highest BCUT2D eigenvalue weighted by atomic mass is 32.1. The van der Waals surface area contributed by atoms with E-state index in [0.29, 0.717) is 26.1 Å². The third-order valence-electron chi connectivity index (χ3n) is 4.16. The zero-order chi connectivity index (χ0) is 18.8. The summed E-state index contributed by atoms with van der Waals surface area (Å²) in [6.07, 6.45) is 0. The summed E-state index contributed by atoms with van der Waals surface area (Å²) >= 11 is 6.63. The van der Waals surface area contributed by atoms with Crippen molar-refractivity contribution in [2.24, 2.45) is 0 Å². The fourth-order valence-corrected chi connectivity index (χ4v) is 3.85. The predicted octanol–water partition coefficient (Wildman–Crippen LogP) is 4.73. The smallest absolute Gasteiger partial charge is 0.269 e.